The number of aryl methyl sites for hydroxylation is 2. The van der Waals surface area contributed by atoms with Crippen LogP contribution in [0.2, 0.25) is 0 Å². The Morgan fingerprint density at radius 2 is 2.24 bits per heavy atom. The van der Waals surface area contributed by atoms with E-state index in [9.17, 15) is 4.79 Å². The molecular formula is C16H21N3O2. The first-order valence-corrected chi connectivity index (χ1v) is 6.86. The highest BCUT2D eigenvalue weighted by Gasteiger charge is 2.13. The summed E-state index contributed by atoms with van der Waals surface area (Å²) in [6.07, 6.45) is 2.24. The summed E-state index contributed by atoms with van der Waals surface area (Å²) in [5.74, 6) is -0.439. The molecule has 2 N–H and O–H groups in total. The molecule has 0 saturated heterocycles. The van der Waals surface area contributed by atoms with Crippen molar-refractivity contribution in [1.29, 1.82) is 5.26 Å². The molecule has 0 atom stereocenters. The molecule has 0 aromatic heterocycles. The molecule has 5 nitrogen and oxygen atoms in total. The van der Waals surface area contributed by atoms with E-state index in [0.717, 1.165) is 23.2 Å². The lowest BCUT2D eigenvalue weighted by Crippen LogP contribution is -2.21. The van der Waals surface area contributed by atoms with Gasteiger partial charge in [0.05, 0.1) is 6.61 Å². The van der Waals surface area contributed by atoms with E-state index in [-0.39, 0.29) is 12.2 Å². The van der Waals surface area contributed by atoms with Gasteiger partial charge in [0.2, 0.25) is 0 Å². The maximum Gasteiger partial charge on any atom is 0.267 e. The summed E-state index contributed by atoms with van der Waals surface area (Å²) in [6, 6.07) is 7.71. The number of amides is 1. The zero-order chi connectivity index (χ0) is 15.8. The van der Waals surface area contributed by atoms with E-state index in [4.69, 9.17) is 10.4 Å². The van der Waals surface area contributed by atoms with E-state index in [0.29, 0.717) is 6.54 Å². The SMILES string of the molecule is CCc1cccc(C)c1NC(=O)/C(C#N)=C\N(C)CCO. The van der Waals surface area contributed by atoms with Crippen molar-refractivity contribution in [3.05, 3.63) is 41.1 Å². The van der Waals surface area contributed by atoms with Crippen LogP contribution in [0.25, 0.3) is 0 Å². The number of carbonyl (C=O) groups is 1. The molecule has 0 bridgehead atoms. The fourth-order valence-corrected chi connectivity index (χ4v) is 1.96. The lowest BCUT2D eigenvalue weighted by Gasteiger charge is -2.15. The normalized spacial score (nSPS) is 10.9. The molecule has 0 saturated carbocycles. The second-order valence-corrected chi connectivity index (χ2v) is 4.78. The summed E-state index contributed by atoms with van der Waals surface area (Å²) in [5, 5.41) is 20.8. The van der Waals surface area contributed by atoms with Gasteiger partial charge in [0.25, 0.3) is 5.91 Å². The number of para-hydroxylation sites is 1. The molecule has 0 unspecified atom stereocenters. The topological polar surface area (TPSA) is 76.4 Å². The third-order valence-corrected chi connectivity index (χ3v) is 3.15. The Bertz CT molecular complexity index is 573. The van der Waals surface area contributed by atoms with E-state index in [1.807, 2.05) is 38.1 Å². The highest BCUT2D eigenvalue weighted by molar-refractivity contribution is 6.07. The van der Waals surface area contributed by atoms with Crippen LogP contribution < -0.4 is 5.32 Å². The van der Waals surface area contributed by atoms with Crippen molar-refractivity contribution in [3.63, 3.8) is 0 Å². The van der Waals surface area contributed by atoms with Gasteiger partial charge >= 0.3 is 0 Å². The molecular weight excluding hydrogens is 266 g/mol. The summed E-state index contributed by atoms with van der Waals surface area (Å²) < 4.78 is 0. The van der Waals surface area contributed by atoms with Crippen LogP contribution >= 0.6 is 0 Å². The van der Waals surface area contributed by atoms with Gasteiger partial charge in [-0.05, 0) is 24.5 Å². The Kier molecular flexibility index (Phi) is 6.44. The van der Waals surface area contributed by atoms with Gasteiger partial charge in [-0.1, -0.05) is 25.1 Å². The van der Waals surface area contributed by atoms with Gasteiger partial charge in [0.1, 0.15) is 11.6 Å². The van der Waals surface area contributed by atoms with Gasteiger partial charge < -0.3 is 15.3 Å². The molecule has 0 aliphatic rings. The average molecular weight is 287 g/mol. The Labute approximate surface area is 125 Å². The Balaban J connectivity index is 2.97. The predicted octanol–water partition coefficient (Wildman–Crippen LogP) is 1.83. The Morgan fingerprint density at radius 3 is 2.81 bits per heavy atom. The number of aliphatic hydroxyl groups is 1. The monoisotopic (exact) mass is 287 g/mol. The summed E-state index contributed by atoms with van der Waals surface area (Å²) >= 11 is 0. The molecule has 112 valence electrons. The molecule has 1 amide bonds. The van der Waals surface area contributed by atoms with Crippen LogP contribution in [0.15, 0.2) is 30.0 Å². The van der Waals surface area contributed by atoms with Gasteiger partial charge in [0, 0.05) is 25.5 Å². The van der Waals surface area contributed by atoms with Crippen LogP contribution in [0.5, 0.6) is 0 Å². The van der Waals surface area contributed by atoms with Crippen LogP contribution in [0.4, 0.5) is 5.69 Å². The van der Waals surface area contributed by atoms with Crippen LogP contribution in [0, 0.1) is 18.3 Å². The first-order chi connectivity index (χ1) is 10.0. The third kappa shape index (κ3) is 4.62. The fraction of sp³-hybridized carbons (Fsp3) is 0.375. The number of benzene rings is 1. The van der Waals surface area contributed by atoms with E-state index in [2.05, 4.69) is 5.32 Å². The molecule has 0 heterocycles. The van der Waals surface area contributed by atoms with Crippen molar-refractivity contribution in [3.8, 4) is 6.07 Å². The summed E-state index contributed by atoms with van der Waals surface area (Å²) in [4.78, 5) is 13.8. The van der Waals surface area contributed by atoms with Gasteiger partial charge in [-0.15, -0.1) is 0 Å². The maximum absolute atomic E-state index is 12.2. The number of hydrogen-bond acceptors (Lipinski definition) is 4. The van der Waals surface area contributed by atoms with Crippen LogP contribution in [-0.2, 0) is 11.2 Å². The van der Waals surface area contributed by atoms with Gasteiger partial charge in [0.15, 0.2) is 0 Å². The zero-order valence-electron chi connectivity index (χ0n) is 12.7. The predicted molar refractivity (Wildman–Crippen MR) is 82.6 cm³/mol. The smallest absolute Gasteiger partial charge is 0.267 e. The van der Waals surface area contributed by atoms with Gasteiger partial charge in [-0.25, -0.2) is 0 Å². The summed E-state index contributed by atoms with van der Waals surface area (Å²) in [6.45, 7) is 4.26. The minimum absolute atomic E-state index is 0.0104. The zero-order valence-corrected chi connectivity index (χ0v) is 12.7. The minimum atomic E-state index is -0.439. The molecule has 0 fully saturated rings. The Hall–Kier alpha value is -2.32. The Morgan fingerprint density at radius 1 is 1.52 bits per heavy atom. The molecule has 0 radical (unpaired) electrons. The number of nitrogens with one attached hydrogen (secondary N) is 1. The van der Waals surface area contributed by atoms with E-state index in [1.165, 1.54) is 6.20 Å². The fourth-order valence-electron chi connectivity index (χ4n) is 1.96. The molecule has 1 aromatic carbocycles. The molecule has 0 aliphatic heterocycles. The van der Waals surface area contributed by atoms with Crippen LogP contribution in [0.1, 0.15) is 18.1 Å². The largest absolute Gasteiger partial charge is 0.395 e. The number of likely N-dealkylation sites (N-methyl/N-ethyl adjacent to an activating group) is 1. The first kappa shape index (κ1) is 16.7. The molecule has 21 heavy (non-hydrogen) atoms. The van der Waals surface area contributed by atoms with Crippen molar-refractivity contribution < 1.29 is 9.90 Å². The first-order valence-electron chi connectivity index (χ1n) is 6.86. The van der Waals surface area contributed by atoms with Gasteiger partial charge in [-0.2, -0.15) is 5.26 Å². The molecule has 0 spiro atoms. The maximum atomic E-state index is 12.2. The third-order valence-electron chi connectivity index (χ3n) is 3.15. The van der Waals surface area contributed by atoms with E-state index >= 15 is 0 Å². The second kappa shape index (κ2) is 8.08. The number of carbonyl (C=O) groups excluding carboxylic acids is 1. The van der Waals surface area contributed by atoms with Crippen molar-refractivity contribution in [2.24, 2.45) is 0 Å². The molecule has 5 heteroatoms. The number of nitriles is 1. The number of anilines is 1. The highest BCUT2D eigenvalue weighted by atomic mass is 16.3. The molecule has 0 aliphatic carbocycles. The van der Waals surface area contributed by atoms with Crippen molar-refractivity contribution in [1.82, 2.24) is 4.90 Å². The standard InChI is InChI=1S/C16H21N3O2/c1-4-13-7-5-6-12(2)15(13)18-16(21)14(10-17)11-19(3)8-9-20/h5-7,11,20H,4,8-9H2,1-3H3,(H,18,21)/b14-11-. The number of rotatable bonds is 6. The minimum Gasteiger partial charge on any atom is -0.395 e. The average Bonchev–Trinajstić information content (AvgIpc) is 2.46. The van der Waals surface area contributed by atoms with Crippen molar-refractivity contribution in [2.75, 3.05) is 25.5 Å². The van der Waals surface area contributed by atoms with Crippen LogP contribution in [-0.4, -0.2) is 36.1 Å². The highest BCUT2D eigenvalue weighted by Crippen LogP contribution is 2.21. The van der Waals surface area contributed by atoms with Crippen molar-refractivity contribution >= 4 is 11.6 Å². The number of hydrogen-bond donors (Lipinski definition) is 2. The number of nitrogens with zero attached hydrogens (tertiary/aromatic N) is 2. The molecule has 1 rings (SSSR count). The van der Waals surface area contributed by atoms with E-state index < -0.39 is 5.91 Å². The summed E-state index contributed by atoms with van der Waals surface area (Å²) in [7, 11) is 1.70. The summed E-state index contributed by atoms with van der Waals surface area (Å²) in [5.41, 5.74) is 2.76. The van der Waals surface area contributed by atoms with Crippen molar-refractivity contribution in [2.45, 2.75) is 20.3 Å². The van der Waals surface area contributed by atoms with E-state index in [1.54, 1.807) is 11.9 Å². The number of aliphatic hydroxyl groups excluding tert-OH is 1. The second-order valence-electron chi connectivity index (χ2n) is 4.78. The lowest BCUT2D eigenvalue weighted by atomic mass is 10.1. The lowest BCUT2D eigenvalue weighted by molar-refractivity contribution is -0.112. The van der Waals surface area contributed by atoms with Gasteiger partial charge in [-0.3, -0.25) is 4.79 Å². The molecule has 1 aromatic rings. The quantitative estimate of drug-likeness (QED) is 0.618. The van der Waals surface area contributed by atoms with Crippen LogP contribution in [0.3, 0.4) is 0 Å².